The first-order chi connectivity index (χ1) is 14.2. The van der Waals surface area contributed by atoms with E-state index in [9.17, 15) is 18.0 Å². The number of carbonyl (C=O) groups excluding carboxylic acids is 2. The lowest BCUT2D eigenvalue weighted by Crippen LogP contribution is -2.36. The first-order valence-corrected chi connectivity index (χ1v) is 12.1. The predicted molar refractivity (Wildman–Crippen MR) is 113 cm³/mol. The van der Waals surface area contributed by atoms with Crippen molar-refractivity contribution in [2.45, 2.75) is 49.9 Å². The summed E-state index contributed by atoms with van der Waals surface area (Å²) in [6, 6.07) is 5.63. The van der Waals surface area contributed by atoms with E-state index in [0.717, 1.165) is 40.2 Å². The molecule has 1 N–H and O–H groups in total. The molecule has 0 atom stereocenters. The standard InChI is InChI=1S/C21H24N2O5S2/c1-12-4-7-15(13(2)10-12)19(24)23-9-8-16-17(11-23)29-21(18(16)20(25)28-3)30(26,27)22-14-5-6-14/h4,7,10,14,22H,5-6,8-9,11H2,1-3H3. The van der Waals surface area contributed by atoms with Gasteiger partial charge in [0.05, 0.1) is 19.2 Å². The van der Waals surface area contributed by atoms with Gasteiger partial charge in [0.25, 0.3) is 15.9 Å². The van der Waals surface area contributed by atoms with E-state index < -0.39 is 16.0 Å². The number of nitrogens with zero attached hydrogens (tertiary/aromatic N) is 1. The summed E-state index contributed by atoms with van der Waals surface area (Å²) in [5.41, 5.74) is 3.42. The molecule has 1 fully saturated rings. The van der Waals surface area contributed by atoms with E-state index in [1.165, 1.54) is 7.11 Å². The smallest absolute Gasteiger partial charge is 0.340 e. The van der Waals surface area contributed by atoms with Gasteiger partial charge in [0.2, 0.25) is 0 Å². The van der Waals surface area contributed by atoms with Crippen LogP contribution in [-0.2, 0) is 27.7 Å². The molecule has 1 aliphatic heterocycles. The Labute approximate surface area is 180 Å². The van der Waals surface area contributed by atoms with Gasteiger partial charge in [0.1, 0.15) is 4.21 Å². The van der Waals surface area contributed by atoms with Gasteiger partial charge in [-0.1, -0.05) is 17.7 Å². The molecular formula is C21H24N2O5S2. The lowest BCUT2D eigenvalue weighted by Gasteiger charge is -2.28. The molecule has 1 aromatic heterocycles. The van der Waals surface area contributed by atoms with Crippen molar-refractivity contribution >= 4 is 33.2 Å². The van der Waals surface area contributed by atoms with Crippen molar-refractivity contribution < 1.29 is 22.7 Å². The van der Waals surface area contributed by atoms with Gasteiger partial charge in [-0.15, -0.1) is 11.3 Å². The number of thiophene rings is 1. The lowest BCUT2D eigenvalue weighted by atomic mass is 10.0. The highest BCUT2D eigenvalue weighted by atomic mass is 32.2. The molecule has 1 aromatic carbocycles. The van der Waals surface area contributed by atoms with Crippen molar-refractivity contribution in [3.05, 3.63) is 50.9 Å². The highest BCUT2D eigenvalue weighted by molar-refractivity contribution is 7.91. The minimum absolute atomic E-state index is 0.00735. The molecule has 1 saturated carbocycles. The Morgan fingerprint density at radius 3 is 2.60 bits per heavy atom. The van der Waals surface area contributed by atoms with Gasteiger partial charge >= 0.3 is 5.97 Å². The van der Waals surface area contributed by atoms with Crippen LogP contribution in [-0.4, -0.2) is 44.9 Å². The number of methoxy groups -OCH3 is 1. The number of fused-ring (bicyclic) bond motifs is 1. The fourth-order valence-electron chi connectivity index (χ4n) is 3.75. The number of sulfonamides is 1. The zero-order chi connectivity index (χ0) is 21.6. The minimum Gasteiger partial charge on any atom is -0.465 e. The van der Waals surface area contributed by atoms with Crippen molar-refractivity contribution in [3.63, 3.8) is 0 Å². The summed E-state index contributed by atoms with van der Waals surface area (Å²) >= 11 is 1.06. The largest absolute Gasteiger partial charge is 0.465 e. The number of aryl methyl sites for hydroxylation is 2. The predicted octanol–water partition coefficient (Wildman–Crippen LogP) is 2.79. The van der Waals surface area contributed by atoms with Gasteiger partial charge in [0.15, 0.2) is 0 Å². The summed E-state index contributed by atoms with van der Waals surface area (Å²) in [7, 11) is -2.57. The second-order valence-corrected chi connectivity index (χ2v) is 10.9. The maximum Gasteiger partial charge on any atom is 0.340 e. The lowest BCUT2D eigenvalue weighted by molar-refractivity contribution is 0.0595. The topological polar surface area (TPSA) is 92.8 Å². The molecule has 2 aromatic rings. The number of benzene rings is 1. The SMILES string of the molecule is COC(=O)c1c(S(=O)(=O)NC2CC2)sc2c1CCN(C(=O)c1ccc(C)cc1C)C2. The molecular weight excluding hydrogens is 424 g/mol. The van der Waals surface area contributed by atoms with E-state index in [0.29, 0.717) is 24.1 Å². The number of amides is 1. The third kappa shape index (κ3) is 3.89. The van der Waals surface area contributed by atoms with Crippen molar-refractivity contribution in [1.82, 2.24) is 9.62 Å². The van der Waals surface area contributed by atoms with Crippen LogP contribution >= 0.6 is 11.3 Å². The van der Waals surface area contributed by atoms with E-state index in [4.69, 9.17) is 4.74 Å². The van der Waals surface area contributed by atoms with Crippen LogP contribution in [0.1, 0.15) is 55.1 Å². The Kier molecular flexibility index (Phi) is 5.46. The van der Waals surface area contributed by atoms with Gasteiger partial charge in [-0.05, 0) is 50.3 Å². The number of nitrogens with one attached hydrogen (secondary N) is 1. The fourth-order valence-corrected chi connectivity index (χ4v) is 6.97. The molecule has 2 aliphatic rings. The molecule has 1 aliphatic carbocycles. The van der Waals surface area contributed by atoms with Crippen LogP contribution in [0.15, 0.2) is 22.4 Å². The molecule has 2 heterocycles. The van der Waals surface area contributed by atoms with Crippen LogP contribution in [0.4, 0.5) is 0 Å². The number of esters is 1. The van der Waals surface area contributed by atoms with E-state index >= 15 is 0 Å². The Bertz CT molecular complexity index is 1130. The summed E-state index contributed by atoms with van der Waals surface area (Å²) in [6.45, 7) is 4.57. The second-order valence-electron chi connectivity index (χ2n) is 7.85. The Morgan fingerprint density at radius 1 is 1.23 bits per heavy atom. The third-order valence-electron chi connectivity index (χ3n) is 5.46. The first kappa shape index (κ1) is 21.0. The number of hydrogen-bond donors (Lipinski definition) is 1. The van der Waals surface area contributed by atoms with Gasteiger partial charge in [0, 0.05) is 23.0 Å². The van der Waals surface area contributed by atoms with E-state index in [2.05, 4.69) is 4.72 Å². The maximum atomic E-state index is 13.1. The third-order valence-corrected chi connectivity index (χ3v) is 8.71. The van der Waals surface area contributed by atoms with E-state index in [1.54, 1.807) is 4.90 Å². The molecule has 0 spiro atoms. The summed E-state index contributed by atoms with van der Waals surface area (Å²) in [5, 5.41) is 0. The first-order valence-electron chi connectivity index (χ1n) is 9.83. The zero-order valence-corrected chi connectivity index (χ0v) is 18.8. The maximum absolute atomic E-state index is 13.1. The molecule has 0 saturated heterocycles. The Morgan fingerprint density at radius 2 is 1.97 bits per heavy atom. The van der Waals surface area contributed by atoms with Crippen molar-refractivity contribution in [1.29, 1.82) is 0 Å². The quantitative estimate of drug-likeness (QED) is 0.710. The van der Waals surface area contributed by atoms with Crippen molar-refractivity contribution in [3.8, 4) is 0 Å². The molecule has 0 unspecified atom stereocenters. The van der Waals surface area contributed by atoms with Crippen molar-refractivity contribution in [2.75, 3.05) is 13.7 Å². The molecule has 4 rings (SSSR count). The molecule has 160 valence electrons. The molecule has 30 heavy (non-hydrogen) atoms. The minimum atomic E-state index is -3.81. The van der Waals surface area contributed by atoms with Crippen LogP contribution in [0.2, 0.25) is 0 Å². The summed E-state index contributed by atoms with van der Waals surface area (Å²) in [5.74, 6) is -0.746. The van der Waals surface area contributed by atoms with Crippen LogP contribution in [0.5, 0.6) is 0 Å². The molecule has 1 amide bonds. The normalized spacial score (nSPS) is 16.3. The molecule has 9 heteroatoms. The molecule has 0 bridgehead atoms. The van der Waals surface area contributed by atoms with Gasteiger partial charge < -0.3 is 9.64 Å². The van der Waals surface area contributed by atoms with Gasteiger partial charge in [-0.25, -0.2) is 17.9 Å². The van der Waals surface area contributed by atoms with E-state index in [-0.39, 0.29) is 28.3 Å². The van der Waals surface area contributed by atoms with Crippen LogP contribution in [0.25, 0.3) is 0 Å². The average Bonchev–Trinajstić information content (AvgIpc) is 3.41. The number of ether oxygens (including phenoxy) is 1. The number of hydrogen-bond acceptors (Lipinski definition) is 6. The van der Waals surface area contributed by atoms with Gasteiger partial charge in [-0.2, -0.15) is 0 Å². The average molecular weight is 449 g/mol. The zero-order valence-electron chi connectivity index (χ0n) is 17.1. The Balaban J connectivity index is 1.68. The summed E-state index contributed by atoms with van der Waals surface area (Å²) < 4.78 is 33.2. The fraction of sp³-hybridized carbons (Fsp3) is 0.429. The monoisotopic (exact) mass is 448 g/mol. The second kappa shape index (κ2) is 7.79. The van der Waals surface area contributed by atoms with Crippen molar-refractivity contribution in [2.24, 2.45) is 0 Å². The number of rotatable bonds is 5. The summed E-state index contributed by atoms with van der Waals surface area (Å²) in [4.78, 5) is 28.0. The van der Waals surface area contributed by atoms with Crippen LogP contribution in [0, 0.1) is 13.8 Å². The number of carbonyl (C=O) groups is 2. The summed E-state index contributed by atoms with van der Waals surface area (Å²) in [6.07, 6.45) is 2.01. The molecule has 7 nitrogen and oxygen atoms in total. The molecule has 0 radical (unpaired) electrons. The van der Waals surface area contributed by atoms with E-state index in [1.807, 2.05) is 32.0 Å². The van der Waals surface area contributed by atoms with Crippen LogP contribution in [0.3, 0.4) is 0 Å². The van der Waals surface area contributed by atoms with Gasteiger partial charge in [-0.3, -0.25) is 4.79 Å². The highest BCUT2D eigenvalue weighted by Gasteiger charge is 2.37. The highest BCUT2D eigenvalue weighted by Crippen LogP contribution is 2.38. The Hall–Kier alpha value is -2.23. The van der Waals surface area contributed by atoms with Crippen LogP contribution < -0.4 is 4.72 Å².